The van der Waals surface area contributed by atoms with E-state index < -0.39 is 29.9 Å². The predicted molar refractivity (Wildman–Crippen MR) is 98.3 cm³/mol. The fraction of sp³-hybridized carbons (Fsp3) is 0.389. The monoisotopic (exact) mass is 395 g/mol. The Morgan fingerprint density at radius 1 is 1.25 bits per heavy atom. The number of anilines is 1. The molecule has 0 bridgehead atoms. The molecule has 0 spiro atoms. The fourth-order valence-electron chi connectivity index (χ4n) is 3.09. The van der Waals surface area contributed by atoms with Crippen LogP contribution in [0.5, 0.6) is 0 Å². The van der Waals surface area contributed by atoms with Crippen LogP contribution < -0.4 is 10.5 Å². The average Bonchev–Trinajstić information content (AvgIpc) is 3.01. The number of H-pyrrole nitrogens is 1. The number of nitrogens with one attached hydrogen (secondary N) is 1. The van der Waals surface area contributed by atoms with Gasteiger partial charge in [0.05, 0.1) is 18.2 Å². The molecule has 150 valence electrons. The molecule has 10 heteroatoms. The van der Waals surface area contributed by atoms with Crippen LogP contribution in [0.15, 0.2) is 29.1 Å². The Kier molecular flexibility index (Phi) is 5.16. The molecule has 0 aliphatic heterocycles. The Labute approximate surface area is 158 Å². The first-order valence-electron chi connectivity index (χ1n) is 8.64. The summed E-state index contributed by atoms with van der Waals surface area (Å²) in [4.78, 5) is 21.2. The fourth-order valence-corrected chi connectivity index (χ4v) is 3.09. The van der Waals surface area contributed by atoms with Gasteiger partial charge in [0.25, 0.3) is 5.56 Å². The first kappa shape index (κ1) is 19.9. The molecule has 2 aromatic heterocycles. The minimum atomic E-state index is -4.42. The number of benzene rings is 1. The van der Waals surface area contributed by atoms with Gasteiger partial charge in [-0.25, -0.2) is 4.68 Å². The van der Waals surface area contributed by atoms with Crippen molar-refractivity contribution in [2.24, 2.45) is 0 Å². The van der Waals surface area contributed by atoms with Gasteiger partial charge in [-0.15, -0.1) is 0 Å². The van der Waals surface area contributed by atoms with Gasteiger partial charge in [-0.1, -0.05) is 19.1 Å². The quantitative estimate of drug-likeness (QED) is 0.694. The summed E-state index contributed by atoms with van der Waals surface area (Å²) in [6.07, 6.45) is -3.92. The summed E-state index contributed by atoms with van der Waals surface area (Å²) in [5, 5.41) is 14.1. The Hall–Kier alpha value is -2.88. The number of aromatic nitrogens is 4. The molecular formula is C18H20F3N5O2. The SMILES string of the molecule is CC[C@@H](c1ccc(C(F)(F)F)cc1)n1nc(CO)c2c(=O)[nH]c(N(C)C)nc21. The lowest BCUT2D eigenvalue weighted by molar-refractivity contribution is -0.137. The topological polar surface area (TPSA) is 87.0 Å². The van der Waals surface area contributed by atoms with Gasteiger partial charge in [-0.3, -0.25) is 9.78 Å². The predicted octanol–water partition coefficient (Wildman–Crippen LogP) is 2.70. The van der Waals surface area contributed by atoms with Gasteiger partial charge < -0.3 is 10.0 Å². The van der Waals surface area contributed by atoms with E-state index in [0.29, 0.717) is 17.9 Å². The smallest absolute Gasteiger partial charge is 0.390 e. The molecule has 0 unspecified atom stereocenters. The van der Waals surface area contributed by atoms with Crippen molar-refractivity contribution in [2.75, 3.05) is 19.0 Å². The number of aliphatic hydroxyl groups is 1. The molecule has 0 amide bonds. The lowest BCUT2D eigenvalue weighted by atomic mass is 10.0. The number of aromatic amines is 1. The number of aliphatic hydroxyl groups excluding tert-OH is 1. The molecule has 1 atom stereocenters. The summed E-state index contributed by atoms with van der Waals surface area (Å²) in [5.41, 5.74) is -0.149. The first-order chi connectivity index (χ1) is 13.2. The molecule has 7 nitrogen and oxygen atoms in total. The van der Waals surface area contributed by atoms with Gasteiger partial charge in [0.1, 0.15) is 11.1 Å². The largest absolute Gasteiger partial charge is 0.416 e. The minimum Gasteiger partial charge on any atom is -0.390 e. The molecule has 0 aliphatic carbocycles. The maximum absolute atomic E-state index is 12.8. The normalized spacial score (nSPS) is 13.1. The maximum atomic E-state index is 12.8. The second-order valence-electron chi connectivity index (χ2n) is 6.58. The summed E-state index contributed by atoms with van der Waals surface area (Å²) >= 11 is 0. The van der Waals surface area contributed by atoms with Gasteiger partial charge in [0.15, 0.2) is 5.65 Å². The summed E-state index contributed by atoms with van der Waals surface area (Å²) in [5.74, 6) is 0.311. The van der Waals surface area contributed by atoms with Crippen LogP contribution in [-0.4, -0.2) is 39.0 Å². The third-order valence-corrected chi connectivity index (χ3v) is 4.50. The number of rotatable bonds is 5. The van der Waals surface area contributed by atoms with Crippen molar-refractivity contribution >= 4 is 17.0 Å². The van der Waals surface area contributed by atoms with Crippen molar-refractivity contribution in [3.8, 4) is 0 Å². The molecule has 2 heterocycles. The Morgan fingerprint density at radius 2 is 1.89 bits per heavy atom. The summed E-state index contributed by atoms with van der Waals surface area (Å²) in [6, 6.07) is 4.37. The molecule has 0 radical (unpaired) electrons. The number of alkyl halides is 3. The number of hydrogen-bond acceptors (Lipinski definition) is 5. The van der Waals surface area contributed by atoms with E-state index in [1.54, 1.807) is 19.0 Å². The van der Waals surface area contributed by atoms with E-state index in [-0.39, 0.29) is 16.7 Å². The highest BCUT2D eigenvalue weighted by Gasteiger charge is 2.30. The van der Waals surface area contributed by atoms with Gasteiger partial charge in [-0.05, 0) is 24.1 Å². The molecule has 0 fully saturated rings. The Morgan fingerprint density at radius 3 is 2.39 bits per heavy atom. The van der Waals surface area contributed by atoms with Crippen molar-refractivity contribution in [3.63, 3.8) is 0 Å². The van der Waals surface area contributed by atoms with Crippen LogP contribution in [0.1, 0.15) is 36.2 Å². The van der Waals surface area contributed by atoms with E-state index >= 15 is 0 Å². The minimum absolute atomic E-state index is 0.165. The number of hydrogen-bond donors (Lipinski definition) is 2. The Balaban J connectivity index is 2.18. The number of fused-ring (bicyclic) bond motifs is 1. The van der Waals surface area contributed by atoms with Crippen molar-refractivity contribution < 1.29 is 18.3 Å². The first-order valence-corrected chi connectivity index (χ1v) is 8.64. The molecule has 2 N–H and O–H groups in total. The molecule has 1 aromatic carbocycles. The summed E-state index contributed by atoms with van der Waals surface area (Å²) < 4.78 is 40.0. The lowest BCUT2D eigenvalue weighted by Gasteiger charge is -2.18. The highest BCUT2D eigenvalue weighted by molar-refractivity contribution is 5.78. The second-order valence-corrected chi connectivity index (χ2v) is 6.58. The van der Waals surface area contributed by atoms with Gasteiger partial charge in [-0.2, -0.15) is 23.3 Å². The van der Waals surface area contributed by atoms with Crippen molar-refractivity contribution in [3.05, 3.63) is 51.4 Å². The van der Waals surface area contributed by atoms with Gasteiger partial charge in [0, 0.05) is 14.1 Å². The van der Waals surface area contributed by atoms with Crippen molar-refractivity contribution in [1.82, 2.24) is 19.7 Å². The van der Waals surface area contributed by atoms with Crippen LogP contribution >= 0.6 is 0 Å². The van der Waals surface area contributed by atoms with Crippen LogP contribution in [-0.2, 0) is 12.8 Å². The van der Waals surface area contributed by atoms with Crippen LogP contribution in [0.2, 0.25) is 0 Å². The van der Waals surface area contributed by atoms with Gasteiger partial charge in [0.2, 0.25) is 5.95 Å². The van der Waals surface area contributed by atoms with Crippen LogP contribution in [0.3, 0.4) is 0 Å². The molecule has 0 saturated carbocycles. The summed E-state index contributed by atoms with van der Waals surface area (Å²) in [6.45, 7) is 1.40. The van der Waals surface area contributed by atoms with E-state index in [4.69, 9.17) is 0 Å². The van der Waals surface area contributed by atoms with Crippen molar-refractivity contribution in [2.45, 2.75) is 32.2 Å². The second kappa shape index (κ2) is 7.27. The zero-order chi connectivity index (χ0) is 20.6. The standard InChI is InChI=1S/C18H20F3N5O2/c1-4-13(10-5-7-11(8-6-10)18(19,20)21)26-15-14(12(9-27)24-26)16(28)23-17(22-15)25(2)3/h5-8,13,27H,4,9H2,1-3H3,(H,22,23,28)/t13-/m0/s1. The van der Waals surface area contributed by atoms with Crippen molar-refractivity contribution in [1.29, 1.82) is 0 Å². The highest BCUT2D eigenvalue weighted by Crippen LogP contribution is 2.32. The van der Waals surface area contributed by atoms with Crippen LogP contribution in [0.25, 0.3) is 11.0 Å². The van der Waals surface area contributed by atoms with E-state index in [9.17, 15) is 23.1 Å². The highest BCUT2D eigenvalue weighted by atomic mass is 19.4. The van der Waals surface area contributed by atoms with Gasteiger partial charge >= 0.3 is 6.18 Å². The number of nitrogens with zero attached hydrogens (tertiary/aromatic N) is 4. The average molecular weight is 395 g/mol. The molecule has 28 heavy (non-hydrogen) atoms. The van der Waals surface area contributed by atoms with E-state index in [0.717, 1.165) is 12.1 Å². The Bertz CT molecular complexity index is 1040. The molecule has 3 aromatic rings. The third kappa shape index (κ3) is 3.47. The zero-order valence-electron chi connectivity index (χ0n) is 15.6. The van der Waals surface area contributed by atoms with E-state index in [1.807, 2.05) is 6.92 Å². The molecule has 3 rings (SSSR count). The van der Waals surface area contributed by atoms with Crippen LogP contribution in [0, 0.1) is 0 Å². The van der Waals surface area contributed by atoms with Crippen LogP contribution in [0.4, 0.5) is 19.1 Å². The molecule has 0 saturated heterocycles. The lowest BCUT2D eigenvalue weighted by Crippen LogP contribution is -2.20. The third-order valence-electron chi connectivity index (χ3n) is 4.50. The number of halogens is 3. The summed E-state index contributed by atoms with van der Waals surface area (Å²) in [7, 11) is 3.43. The maximum Gasteiger partial charge on any atom is 0.416 e. The molecule has 0 aliphatic rings. The molecular weight excluding hydrogens is 375 g/mol. The van der Waals surface area contributed by atoms with E-state index in [1.165, 1.54) is 16.8 Å². The van der Waals surface area contributed by atoms with E-state index in [2.05, 4.69) is 15.1 Å². The zero-order valence-corrected chi connectivity index (χ0v) is 15.6.